The first-order valence-corrected chi connectivity index (χ1v) is 12.3. The molecular formula is C26H33N7O2S. The van der Waals surface area contributed by atoms with Crippen molar-refractivity contribution in [3.63, 3.8) is 0 Å². The number of sulfonamides is 1. The molecule has 0 aliphatic carbocycles. The molecule has 0 unspecified atom stereocenters. The van der Waals surface area contributed by atoms with Crippen LogP contribution in [0, 0.1) is 11.3 Å². The standard InChI is InChI=1S/C13H14N4.C12H15N3O2S.CH4/c1-16(9-13-8-15-10-17(13)2)12-5-3-11(7-14)4-6-12;1-14-9-12(13-10-14)18(16,17)15(2)8-11-6-4-3-5-7-11;/h3-6,8,10H,9H2,1-2H3;3-7,9-10H,8H2,1-2H3;1H4. The average molecular weight is 508 g/mol. The van der Waals surface area contributed by atoms with Crippen LogP contribution < -0.4 is 4.90 Å². The Kier molecular flexibility index (Phi) is 9.96. The van der Waals surface area contributed by atoms with Crippen molar-refractivity contribution in [1.82, 2.24) is 23.4 Å². The van der Waals surface area contributed by atoms with E-state index in [2.05, 4.69) is 20.9 Å². The SMILES string of the molecule is C.CN(Cc1ccccc1)S(=O)(=O)c1cn(C)cn1.CN(Cc1cncn1C)c1ccc(C#N)cc1. The minimum Gasteiger partial charge on any atom is -0.369 e. The van der Waals surface area contributed by atoms with Crippen LogP contribution in [0.4, 0.5) is 5.69 Å². The Morgan fingerprint density at radius 3 is 2.17 bits per heavy atom. The summed E-state index contributed by atoms with van der Waals surface area (Å²) in [6.07, 6.45) is 6.63. The molecule has 0 aliphatic rings. The molecule has 4 aromatic rings. The van der Waals surface area contributed by atoms with Gasteiger partial charge in [0.05, 0.1) is 36.5 Å². The summed E-state index contributed by atoms with van der Waals surface area (Å²) in [5, 5.41) is 8.81. The van der Waals surface area contributed by atoms with Gasteiger partial charge in [0.15, 0.2) is 5.03 Å². The summed E-state index contributed by atoms with van der Waals surface area (Å²) in [6.45, 7) is 1.13. The van der Waals surface area contributed by atoms with E-state index in [0.717, 1.165) is 23.5 Å². The summed E-state index contributed by atoms with van der Waals surface area (Å²) in [5.41, 5.74) is 3.87. The van der Waals surface area contributed by atoms with Crippen LogP contribution in [0.2, 0.25) is 0 Å². The number of benzene rings is 2. The highest BCUT2D eigenvalue weighted by Crippen LogP contribution is 2.16. The molecule has 0 radical (unpaired) electrons. The number of aryl methyl sites for hydroxylation is 2. The Morgan fingerprint density at radius 1 is 0.972 bits per heavy atom. The minimum atomic E-state index is -3.51. The van der Waals surface area contributed by atoms with Gasteiger partial charge < -0.3 is 14.0 Å². The fraction of sp³-hybridized carbons (Fsp3) is 0.269. The molecule has 36 heavy (non-hydrogen) atoms. The molecule has 0 bridgehead atoms. The van der Waals surface area contributed by atoms with Gasteiger partial charge in [0, 0.05) is 52.8 Å². The van der Waals surface area contributed by atoms with E-state index >= 15 is 0 Å². The van der Waals surface area contributed by atoms with Crippen molar-refractivity contribution in [3.8, 4) is 6.07 Å². The molecule has 0 N–H and O–H groups in total. The maximum atomic E-state index is 12.2. The summed E-state index contributed by atoms with van der Waals surface area (Å²) in [7, 11) is 3.78. The van der Waals surface area contributed by atoms with Gasteiger partial charge in [-0.3, -0.25) is 0 Å². The van der Waals surface area contributed by atoms with Gasteiger partial charge in [-0.1, -0.05) is 37.8 Å². The van der Waals surface area contributed by atoms with Crippen LogP contribution in [-0.4, -0.2) is 45.9 Å². The third kappa shape index (κ3) is 7.28. The van der Waals surface area contributed by atoms with Gasteiger partial charge in [-0.2, -0.15) is 9.57 Å². The molecule has 0 spiro atoms. The first kappa shape index (κ1) is 28.3. The lowest BCUT2D eigenvalue weighted by Gasteiger charge is -2.19. The zero-order valence-electron chi connectivity index (χ0n) is 20.3. The van der Waals surface area contributed by atoms with E-state index in [0.29, 0.717) is 12.1 Å². The Bertz CT molecular complexity index is 1370. The van der Waals surface area contributed by atoms with Crippen LogP contribution >= 0.6 is 0 Å². The predicted molar refractivity (Wildman–Crippen MR) is 142 cm³/mol. The van der Waals surface area contributed by atoms with E-state index in [-0.39, 0.29) is 12.5 Å². The molecular weight excluding hydrogens is 474 g/mol. The van der Waals surface area contributed by atoms with Gasteiger partial charge in [0.2, 0.25) is 0 Å². The highest BCUT2D eigenvalue weighted by atomic mass is 32.2. The van der Waals surface area contributed by atoms with Crippen LogP contribution in [0.1, 0.15) is 24.2 Å². The van der Waals surface area contributed by atoms with Crippen molar-refractivity contribution >= 4 is 15.7 Å². The number of hydrogen-bond acceptors (Lipinski definition) is 6. The molecule has 10 heteroatoms. The van der Waals surface area contributed by atoms with Gasteiger partial charge in [0.1, 0.15) is 0 Å². The zero-order valence-corrected chi connectivity index (χ0v) is 21.1. The molecule has 0 aliphatic heterocycles. The molecule has 0 saturated carbocycles. The highest BCUT2D eigenvalue weighted by Gasteiger charge is 2.23. The number of hydrogen-bond donors (Lipinski definition) is 0. The summed E-state index contributed by atoms with van der Waals surface area (Å²) < 4.78 is 29.3. The molecule has 0 saturated heterocycles. The summed E-state index contributed by atoms with van der Waals surface area (Å²) in [5.74, 6) is 0. The minimum absolute atomic E-state index is 0. The van der Waals surface area contributed by atoms with Crippen LogP contribution in [0.3, 0.4) is 0 Å². The van der Waals surface area contributed by atoms with Crippen molar-refractivity contribution < 1.29 is 8.42 Å². The lowest BCUT2D eigenvalue weighted by atomic mass is 10.2. The van der Waals surface area contributed by atoms with E-state index in [9.17, 15) is 8.42 Å². The van der Waals surface area contributed by atoms with Crippen molar-refractivity contribution in [1.29, 1.82) is 5.26 Å². The topological polar surface area (TPSA) is 100 Å². The fourth-order valence-corrected chi connectivity index (χ4v) is 4.39. The quantitative estimate of drug-likeness (QED) is 0.377. The second-order valence-corrected chi connectivity index (χ2v) is 10.1. The average Bonchev–Trinajstić information content (AvgIpc) is 3.48. The van der Waals surface area contributed by atoms with E-state index in [1.54, 1.807) is 25.0 Å². The number of nitrogens with zero attached hydrogens (tertiary/aromatic N) is 7. The van der Waals surface area contributed by atoms with E-state index in [1.807, 2.05) is 79.5 Å². The number of aromatic nitrogens is 4. The van der Waals surface area contributed by atoms with Crippen molar-refractivity contribution in [2.24, 2.45) is 14.1 Å². The Morgan fingerprint density at radius 2 is 1.64 bits per heavy atom. The highest BCUT2D eigenvalue weighted by molar-refractivity contribution is 7.89. The fourth-order valence-electron chi connectivity index (χ4n) is 3.27. The van der Waals surface area contributed by atoms with Gasteiger partial charge in [-0.25, -0.2) is 18.4 Å². The predicted octanol–water partition coefficient (Wildman–Crippen LogP) is 3.81. The Hall–Kier alpha value is -3.94. The summed E-state index contributed by atoms with van der Waals surface area (Å²) in [6, 6.07) is 19.1. The first-order valence-electron chi connectivity index (χ1n) is 10.9. The molecule has 190 valence electrons. The molecule has 0 fully saturated rings. The lowest BCUT2D eigenvalue weighted by molar-refractivity contribution is 0.464. The number of imidazole rings is 2. The zero-order chi connectivity index (χ0) is 25.4. The first-order chi connectivity index (χ1) is 16.7. The molecule has 4 rings (SSSR count). The Labute approximate surface area is 213 Å². The second kappa shape index (κ2) is 12.7. The molecule has 2 aromatic carbocycles. The summed E-state index contributed by atoms with van der Waals surface area (Å²) in [4.78, 5) is 10.1. The summed E-state index contributed by atoms with van der Waals surface area (Å²) >= 11 is 0. The molecule has 0 amide bonds. The van der Waals surface area contributed by atoms with Crippen molar-refractivity contribution in [2.75, 3.05) is 19.0 Å². The molecule has 9 nitrogen and oxygen atoms in total. The van der Waals surface area contributed by atoms with Gasteiger partial charge in [0.25, 0.3) is 10.0 Å². The van der Waals surface area contributed by atoms with Crippen molar-refractivity contribution in [3.05, 3.63) is 96.5 Å². The van der Waals surface area contributed by atoms with Crippen LogP contribution in [-0.2, 0) is 37.2 Å². The third-order valence-corrected chi connectivity index (χ3v) is 7.05. The van der Waals surface area contributed by atoms with E-state index in [1.165, 1.54) is 16.8 Å². The van der Waals surface area contributed by atoms with E-state index < -0.39 is 10.0 Å². The maximum absolute atomic E-state index is 12.2. The van der Waals surface area contributed by atoms with Crippen molar-refractivity contribution in [2.45, 2.75) is 25.5 Å². The maximum Gasteiger partial charge on any atom is 0.262 e. The smallest absolute Gasteiger partial charge is 0.262 e. The molecule has 2 heterocycles. The number of rotatable bonds is 7. The van der Waals surface area contributed by atoms with Crippen LogP contribution in [0.15, 0.2) is 84.7 Å². The van der Waals surface area contributed by atoms with Crippen LogP contribution in [0.5, 0.6) is 0 Å². The number of anilines is 1. The Balaban J connectivity index is 0.000000247. The lowest BCUT2D eigenvalue weighted by Crippen LogP contribution is -2.26. The largest absolute Gasteiger partial charge is 0.369 e. The van der Waals surface area contributed by atoms with E-state index in [4.69, 9.17) is 5.26 Å². The van der Waals surface area contributed by atoms with Crippen LogP contribution in [0.25, 0.3) is 0 Å². The third-order valence-electron chi connectivity index (χ3n) is 5.36. The van der Waals surface area contributed by atoms with Gasteiger partial charge in [-0.05, 0) is 29.8 Å². The normalized spacial score (nSPS) is 10.7. The monoisotopic (exact) mass is 507 g/mol. The van der Waals surface area contributed by atoms with Gasteiger partial charge in [-0.15, -0.1) is 0 Å². The molecule has 2 aromatic heterocycles. The second-order valence-electron chi connectivity index (χ2n) is 8.13. The number of nitriles is 1. The van der Waals surface area contributed by atoms with Gasteiger partial charge >= 0.3 is 0 Å². The molecule has 0 atom stereocenters.